The smallest absolute Gasteiger partial charge is 0.327 e. The molecule has 5 N–H and O–H groups in total. The van der Waals surface area contributed by atoms with Crippen LogP contribution in [0.15, 0.2) is 41.9 Å². The van der Waals surface area contributed by atoms with Gasteiger partial charge in [0, 0.05) is 44.3 Å². The molecular formula is C25H38N6O4S. The van der Waals surface area contributed by atoms with Gasteiger partial charge in [-0.25, -0.2) is 9.78 Å². The number of thiazole rings is 1. The van der Waals surface area contributed by atoms with Crippen LogP contribution in [-0.2, 0) is 27.5 Å². The molecule has 11 heteroatoms. The van der Waals surface area contributed by atoms with Crippen molar-refractivity contribution in [1.29, 1.82) is 0 Å². The average molecular weight is 519 g/mol. The number of nitrogens with zero attached hydrogens (tertiary/aromatic N) is 3. The fourth-order valence-electron chi connectivity index (χ4n) is 3.76. The van der Waals surface area contributed by atoms with Gasteiger partial charge in [0.25, 0.3) is 0 Å². The predicted octanol–water partition coefficient (Wildman–Crippen LogP) is 1.13. The molecular weight excluding hydrogens is 480 g/mol. The summed E-state index contributed by atoms with van der Waals surface area (Å²) in [5, 5.41) is 18.3. The third-order valence-corrected chi connectivity index (χ3v) is 6.80. The summed E-state index contributed by atoms with van der Waals surface area (Å²) >= 11 is 1.59. The Labute approximate surface area is 216 Å². The number of likely N-dealkylation sites (N-methyl/N-ethyl adjacent to an activating group) is 1. The highest BCUT2D eigenvalue weighted by Crippen LogP contribution is 2.17. The van der Waals surface area contributed by atoms with Gasteiger partial charge in [0.1, 0.15) is 17.1 Å². The molecule has 3 atom stereocenters. The van der Waals surface area contributed by atoms with Crippen LogP contribution in [0.4, 0.5) is 0 Å². The molecule has 10 nitrogen and oxygen atoms in total. The summed E-state index contributed by atoms with van der Waals surface area (Å²) in [7, 11) is 1.67. The summed E-state index contributed by atoms with van der Waals surface area (Å²) < 4.78 is 0. The van der Waals surface area contributed by atoms with Gasteiger partial charge in [0.2, 0.25) is 11.8 Å². The Kier molecular flexibility index (Phi) is 11.9. The molecule has 1 aromatic heterocycles. The van der Waals surface area contributed by atoms with Crippen LogP contribution in [-0.4, -0.2) is 82.5 Å². The first-order valence-corrected chi connectivity index (χ1v) is 12.9. The highest BCUT2D eigenvalue weighted by atomic mass is 32.1. The van der Waals surface area contributed by atoms with E-state index in [1.54, 1.807) is 31.5 Å². The van der Waals surface area contributed by atoms with Gasteiger partial charge in [-0.05, 0) is 25.5 Å². The van der Waals surface area contributed by atoms with E-state index < -0.39 is 24.1 Å². The number of hydrogen-bond donors (Lipinski definition) is 4. The molecule has 198 valence electrons. The molecule has 36 heavy (non-hydrogen) atoms. The van der Waals surface area contributed by atoms with Gasteiger partial charge >= 0.3 is 5.97 Å². The zero-order chi connectivity index (χ0) is 26.7. The number of nitrogens with one attached hydrogen (secondary N) is 2. The number of benzene rings is 1. The number of carboxylic acids is 1. The fourth-order valence-corrected chi connectivity index (χ4v) is 4.25. The minimum atomic E-state index is -1.03. The van der Waals surface area contributed by atoms with E-state index in [-0.39, 0.29) is 24.3 Å². The first-order valence-electron chi connectivity index (χ1n) is 12.0. The summed E-state index contributed by atoms with van der Waals surface area (Å²) in [4.78, 5) is 44.7. The van der Waals surface area contributed by atoms with E-state index in [0.717, 1.165) is 10.6 Å². The van der Waals surface area contributed by atoms with Crippen molar-refractivity contribution in [3.8, 4) is 0 Å². The van der Waals surface area contributed by atoms with E-state index in [0.29, 0.717) is 26.2 Å². The molecule has 2 amide bonds. The number of aliphatic carboxylic acids is 1. The number of hydrogen-bond acceptors (Lipinski definition) is 8. The summed E-state index contributed by atoms with van der Waals surface area (Å²) in [6, 6.07) is 7.69. The number of aromatic nitrogens is 1. The van der Waals surface area contributed by atoms with E-state index in [1.165, 1.54) is 4.90 Å². The van der Waals surface area contributed by atoms with Crippen LogP contribution >= 0.6 is 11.3 Å². The third kappa shape index (κ3) is 8.66. The quantitative estimate of drug-likeness (QED) is 0.387. The molecule has 3 rings (SSSR count). The van der Waals surface area contributed by atoms with Gasteiger partial charge in [-0.3, -0.25) is 14.5 Å². The maximum absolute atomic E-state index is 13.2. The van der Waals surface area contributed by atoms with Crippen LogP contribution in [0.5, 0.6) is 0 Å². The lowest BCUT2D eigenvalue weighted by molar-refractivity contribution is -0.155. The highest BCUT2D eigenvalue weighted by Gasteiger charge is 2.39. The van der Waals surface area contributed by atoms with E-state index in [1.807, 2.05) is 54.5 Å². The first-order chi connectivity index (χ1) is 17.2. The molecule has 0 unspecified atom stereocenters. The summed E-state index contributed by atoms with van der Waals surface area (Å²) in [6.45, 7) is 7.73. The Bertz CT molecular complexity index is 957. The maximum Gasteiger partial charge on any atom is 0.327 e. The zero-order valence-corrected chi connectivity index (χ0v) is 22.2. The number of carbonyl (C=O) groups is 3. The summed E-state index contributed by atoms with van der Waals surface area (Å²) in [6.07, 6.45) is 1.76. The van der Waals surface area contributed by atoms with Crippen LogP contribution in [0.2, 0.25) is 0 Å². The molecule has 1 saturated heterocycles. The zero-order valence-electron chi connectivity index (χ0n) is 21.4. The van der Waals surface area contributed by atoms with Crippen molar-refractivity contribution >= 4 is 29.1 Å². The van der Waals surface area contributed by atoms with Crippen LogP contribution < -0.4 is 16.4 Å². The minimum absolute atomic E-state index is 0.160. The number of rotatable bonds is 9. The monoisotopic (exact) mass is 518 g/mol. The Morgan fingerprint density at radius 1 is 1.19 bits per heavy atom. The molecule has 0 radical (unpaired) electrons. The second-order valence-corrected chi connectivity index (χ2v) is 9.96. The van der Waals surface area contributed by atoms with E-state index in [9.17, 15) is 19.5 Å². The summed E-state index contributed by atoms with van der Waals surface area (Å²) in [5.41, 5.74) is 6.34. The second-order valence-electron chi connectivity index (χ2n) is 8.98. The van der Waals surface area contributed by atoms with Gasteiger partial charge in [-0.15, -0.1) is 11.3 Å². The highest BCUT2D eigenvalue weighted by molar-refractivity contribution is 7.09. The van der Waals surface area contributed by atoms with Gasteiger partial charge < -0.3 is 26.4 Å². The van der Waals surface area contributed by atoms with Crippen molar-refractivity contribution < 1.29 is 19.5 Å². The van der Waals surface area contributed by atoms with Gasteiger partial charge in [-0.2, -0.15) is 0 Å². The molecule has 1 aliphatic heterocycles. The first kappa shape index (κ1) is 29.4. The van der Waals surface area contributed by atoms with Crippen LogP contribution in [0.3, 0.4) is 0 Å². The van der Waals surface area contributed by atoms with Crippen molar-refractivity contribution in [3.05, 3.63) is 52.5 Å². The molecule has 0 saturated carbocycles. The lowest BCUT2D eigenvalue weighted by atomic mass is 10.00. The van der Waals surface area contributed by atoms with Crippen molar-refractivity contribution in [3.63, 3.8) is 0 Å². The van der Waals surface area contributed by atoms with E-state index in [4.69, 9.17) is 5.73 Å². The SMILES string of the molecule is CN[C@@H](C)C(=O)N[C@H](C(=O)N1CCN(Cc2ccccc2)C[C@H]1C(=O)O)C(C)C.NCc1nccs1. The van der Waals surface area contributed by atoms with Crippen molar-refractivity contribution in [2.24, 2.45) is 11.7 Å². The van der Waals surface area contributed by atoms with Crippen LogP contribution in [0.25, 0.3) is 0 Å². The largest absolute Gasteiger partial charge is 0.480 e. The predicted molar refractivity (Wildman–Crippen MR) is 140 cm³/mol. The molecule has 0 aliphatic carbocycles. The molecule has 2 aromatic rings. The Morgan fingerprint density at radius 2 is 1.89 bits per heavy atom. The standard InChI is InChI=1S/C21H32N4O4.C4H6N2S/c1-14(2)18(23-19(26)15(3)22-4)20(27)25-11-10-24(13-17(25)21(28)29)12-16-8-6-5-7-9-16;5-3-4-6-1-2-7-4/h5-9,14-15,17-18,22H,10-13H2,1-4H3,(H,23,26)(H,28,29);1-2H,3,5H2/t15-,17-,18-;/m0./s1. The molecule has 2 heterocycles. The molecule has 0 bridgehead atoms. The van der Waals surface area contributed by atoms with Crippen LogP contribution in [0, 0.1) is 5.92 Å². The molecule has 1 fully saturated rings. The van der Waals surface area contributed by atoms with E-state index >= 15 is 0 Å². The third-order valence-electron chi connectivity index (χ3n) is 6.00. The van der Waals surface area contributed by atoms with Gasteiger partial charge in [0.05, 0.1) is 6.04 Å². The number of amides is 2. The number of carbonyl (C=O) groups excluding carboxylic acids is 2. The summed E-state index contributed by atoms with van der Waals surface area (Å²) in [5.74, 6) is -1.82. The molecule has 1 aromatic carbocycles. The average Bonchev–Trinajstić information content (AvgIpc) is 3.41. The van der Waals surface area contributed by atoms with Crippen molar-refractivity contribution in [2.45, 2.75) is 52.0 Å². The lowest BCUT2D eigenvalue weighted by Gasteiger charge is -2.41. The minimum Gasteiger partial charge on any atom is -0.480 e. The number of carboxylic acid groups (broad SMARTS) is 1. The second kappa shape index (κ2) is 14.6. The fraction of sp³-hybridized carbons (Fsp3) is 0.520. The van der Waals surface area contributed by atoms with Crippen molar-refractivity contribution in [1.82, 2.24) is 25.4 Å². The van der Waals surface area contributed by atoms with E-state index in [2.05, 4.69) is 15.6 Å². The normalized spacial score (nSPS) is 17.6. The Balaban J connectivity index is 0.000000558. The number of piperazine rings is 1. The molecule has 1 aliphatic rings. The Hall–Kier alpha value is -2.86. The van der Waals surface area contributed by atoms with Crippen molar-refractivity contribution in [2.75, 3.05) is 26.7 Å². The lowest BCUT2D eigenvalue weighted by Crippen LogP contribution is -2.63. The van der Waals surface area contributed by atoms with Crippen LogP contribution in [0.1, 0.15) is 31.3 Å². The van der Waals surface area contributed by atoms with Gasteiger partial charge in [-0.1, -0.05) is 44.2 Å². The maximum atomic E-state index is 13.2. The van der Waals surface area contributed by atoms with Gasteiger partial charge in [0.15, 0.2) is 0 Å². The topological polar surface area (TPSA) is 141 Å². The Morgan fingerprint density at radius 3 is 2.39 bits per heavy atom. The molecule has 0 spiro atoms. The number of nitrogens with two attached hydrogens (primary N) is 1.